The molecule has 2 aliphatic rings. The molecule has 1 saturated carbocycles. The van der Waals surface area contributed by atoms with Crippen LogP contribution in [0.4, 0.5) is 0 Å². The summed E-state index contributed by atoms with van der Waals surface area (Å²) in [6.45, 7) is 3.83. The van der Waals surface area contributed by atoms with Crippen LogP contribution in [0.5, 0.6) is 0 Å². The number of sulfonamides is 1. The predicted octanol–water partition coefficient (Wildman–Crippen LogP) is 1.27. The van der Waals surface area contributed by atoms with Crippen LogP contribution in [0, 0.1) is 0 Å². The number of piperazine rings is 1. The van der Waals surface area contributed by atoms with E-state index in [1.54, 1.807) is 6.08 Å². The summed E-state index contributed by atoms with van der Waals surface area (Å²) in [5.41, 5.74) is 0.857. The molecule has 1 saturated heterocycles. The fourth-order valence-corrected chi connectivity index (χ4v) is 4.05. The minimum atomic E-state index is -3.43. The van der Waals surface area contributed by atoms with Crippen LogP contribution in [-0.2, 0) is 14.8 Å². The molecule has 7 heteroatoms. The van der Waals surface area contributed by atoms with Gasteiger partial charge in [0.1, 0.15) is 0 Å². The van der Waals surface area contributed by atoms with Gasteiger partial charge in [-0.05, 0) is 31.4 Å². The molecule has 136 valence electrons. The topological polar surface area (TPSA) is 69.7 Å². The van der Waals surface area contributed by atoms with Crippen LogP contribution in [0.1, 0.15) is 25.3 Å². The fraction of sp³-hybridized carbons (Fsp3) is 0.500. The van der Waals surface area contributed by atoms with Crippen molar-refractivity contribution < 1.29 is 13.2 Å². The molecule has 1 aliphatic carbocycles. The number of carbonyl (C=O) groups excluding carboxylic acids is 1. The third-order valence-corrected chi connectivity index (χ3v) is 6.28. The number of amides is 1. The summed E-state index contributed by atoms with van der Waals surface area (Å²) in [5, 5.41) is 4.27. The highest BCUT2D eigenvalue weighted by atomic mass is 32.2. The van der Waals surface area contributed by atoms with Crippen molar-refractivity contribution in [3.63, 3.8) is 0 Å². The standard InChI is InChI=1S/C18H25N3O3S/c1-15(18(22)19-17-7-8-17)20-10-12-21(13-11-20)25(23,24)14-9-16-5-3-2-4-6-16/h2-6,9,14-15,17H,7-8,10-13H2,1H3,(H,19,22)/b14-9+. The number of hydrogen-bond donors (Lipinski definition) is 1. The molecule has 0 radical (unpaired) electrons. The fourth-order valence-electron chi connectivity index (χ4n) is 2.88. The van der Waals surface area contributed by atoms with Crippen LogP contribution in [0.3, 0.4) is 0 Å². The van der Waals surface area contributed by atoms with Gasteiger partial charge < -0.3 is 5.32 Å². The molecule has 1 heterocycles. The second-order valence-corrected chi connectivity index (χ2v) is 8.47. The smallest absolute Gasteiger partial charge is 0.237 e. The Labute approximate surface area is 149 Å². The van der Waals surface area contributed by atoms with Crippen molar-refractivity contribution in [2.24, 2.45) is 0 Å². The Bertz CT molecular complexity index is 721. The van der Waals surface area contributed by atoms with E-state index in [9.17, 15) is 13.2 Å². The first-order valence-electron chi connectivity index (χ1n) is 8.73. The van der Waals surface area contributed by atoms with Gasteiger partial charge in [0.2, 0.25) is 15.9 Å². The second-order valence-electron chi connectivity index (χ2n) is 6.65. The summed E-state index contributed by atoms with van der Waals surface area (Å²) < 4.78 is 26.4. The molecule has 1 atom stereocenters. The molecule has 0 spiro atoms. The molecule has 0 bridgehead atoms. The highest BCUT2D eigenvalue weighted by Gasteiger charge is 2.32. The number of rotatable bonds is 6. The summed E-state index contributed by atoms with van der Waals surface area (Å²) in [4.78, 5) is 14.2. The minimum absolute atomic E-state index is 0.0442. The summed E-state index contributed by atoms with van der Waals surface area (Å²) >= 11 is 0. The first kappa shape index (κ1) is 18.1. The van der Waals surface area contributed by atoms with E-state index in [0.717, 1.165) is 18.4 Å². The van der Waals surface area contributed by atoms with Gasteiger partial charge in [-0.2, -0.15) is 4.31 Å². The maximum Gasteiger partial charge on any atom is 0.237 e. The highest BCUT2D eigenvalue weighted by molar-refractivity contribution is 7.92. The first-order valence-corrected chi connectivity index (χ1v) is 10.2. The molecule has 1 aromatic rings. The molecule has 1 aromatic carbocycles. The Kier molecular flexibility index (Phi) is 5.56. The lowest BCUT2D eigenvalue weighted by molar-refractivity contribution is -0.126. The van der Waals surface area contributed by atoms with Gasteiger partial charge in [0.15, 0.2) is 0 Å². The molecule has 1 amide bonds. The molecular weight excluding hydrogens is 338 g/mol. The zero-order valence-electron chi connectivity index (χ0n) is 14.5. The number of carbonyl (C=O) groups is 1. The Morgan fingerprint density at radius 2 is 1.80 bits per heavy atom. The monoisotopic (exact) mass is 363 g/mol. The average molecular weight is 363 g/mol. The zero-order valence-corrected chi connectivity index (χ0v) is 15.3. The lowest BCUT2D eigenvalue weighted by Crippen LogP contribution is -2.54. The van der Waals surface area contributed by atoms with E-state index >= 15 is 0 Å². The minimum Gasteiger partial charge on any atom is -0.352 e. The normalized spacial score (nSPS) is 21.3. The highest BCUT2D eigenvalue weighted by Crippen LogP contribution is 2.19. The summed E-state index contributed by atoms with van der Waals surface area (Å²) in [6.07, 6.45) is 3.75. The van der Waals surface area contributed by atoms with Crippen LogP contribution >= 0.6 is 0 Å². The average Bonchev–Trinajstić information content (AvgIpc) is 3.44. The van der Waals surface area contributed by atoms with Crippen molar-refractivity contribution in [1.29, 1.82) is 0 Å². The summed E-state index contributed by atoms with van der Waals surface area (Å²) in [5.74, 6) is 0.0442. The van der Waals surface area contributed by atoms with Crippen LogP contribution in [0.25, 0.3) is 6.08 Å². The molecule has 25 heavy (non-hydrogen) atoms. The van der Waals surface area contributed by atoms with Crippen molar-refractivity contribution in [3.05, 3.63) is 41.3 Å². The van der Waals surface area contributed by atoms with E-state index in [-0.39, 0.29) is 11.9 Å². The summed E-state index contributed by atoms with van der Waals surface area (Å²) in [7, 11) is -3.43. The van der Waals surface area contributed by atoms with E-state index in [1.165, 1.54) is 9.71 Å². The van der Waals surface area contributed by atoms with E-state index in [0.29, 0.717) is 32.2 Å². The lowest BCUT2D eigenvalue weighted by Gasteiger charge is -2.36. The van der Waals surface area contributed by atoms with Gasteiger partial charge in [0.25, 0.3) is 0 Å². The Balaban J connectivity index is 1.53. The third kappa shape index (κ3) is 4.90. The number of benzene rings is 1. The van der Waals surface area contributed by atoms with Crippen LogP contribution < -0.4 is 5.32 Å². The maximum absolute atomic E-state index is 12.5. The van der Waals surface area contributed by atoms with Crippen molar-refractivity contribution in [3.8, 4) is 0 Å². The lowest BCUT2D eigenvalue weighted by atomic mass is 10.2. The molecule has 1 unspecified atom stereocenters. The Hall–Kier alpha value is -1.70. The van der Waals surface area contributed by atoms with Crippen molar-refractivity contribution in [1.82, 2.24) is 14.5 Å². The maximum atomic E-state index is 12.5. The van der Waals surface area contributed by atoms with Gasteiger partial charge in [0, 0.05) is 37.6 Å². The van der Waals surface area contributed by atoms with Crippen molar-refractivity contribution >= 4 is 22.0 Å². The van der Waals surface area contributed by atoms with E-state index in [2.05, 4.69) is 5.32 Å². The van der Waals surface area contributed by atoms with Crippen LogP contribution in [-0.4, -0.2) is 61.8 Å². The summed E-state index contributed by atoms with van der Waals surface area (Å²) in [6, 6.07) is 9.50. The predicted molar refractivity (Wildman–Crippen MR) is 98.2 cm³/mol. The first-order chi connectivity index (χ1) is 12.0. The third-order valence-electron chi connectivity index (χ3n) is 4.72. The van der Waals surface area contributed by atoms with Crippen molar-refractivity contribution in [2.75, 3.05) is 26.2 Å². The van der Waals surface area contributed by atoms with E-state index in [4.69, 9.17) is 0 Å². The molecule has 1 N–H and O–H groups in total. The van der Waals surface area contributed by atoms with Gasteiger partial charge in [-0.15, -0.1) is 0 Å². The molecule has 3 rings (SSSR count). The van der Waals surface area contributed by atoms with Crippen LogP contribution in [0.15, 0.2) is 35.7 Å². The molecular formula is C18H25N3O3S. The zero-order chi connectivity index (χ0) is 17.9. The quantitative estimate of drug-likeness (QED) is 0.826. The number of hydrogen-bond acceptors (Lipinski definition) is 4. The van der Waals surface area contributed by atoms with E-state index < -0.39 is 10.0 Å². The van der Waals surface area contributed by atoms with Gasteiger partial charge in [-0.25, -0.2) is 8.42 Å². The van der Waals surface area contributed by atoms with Crippen LogP contribution in [0.2, 0.25) is 0 Å². The Morgan fingerprint density at radius 1 is 1.16 bits per heavy atom. The second kappa shape index (κ2) is 7.68. The van der Waals surface area contributed by atoms with E-state index in [1.807, 2.05) is 42.2 Å². The number of nitrogens with zero attached hydrogens (tertiary/aromatic N) is 2. The molecule has 6 nitrogen and oxygen atoms in total. The van der Waals surface area contributed by atoms with Gasteiger partial charge in [0.05, 0.1) is 6.04 Å². The number of nitrogens with one attached hydrogen (secondary N) is 1. The Morgan fingerprint density at radius 3 is 2.40 bits per heavy atom. The van der Waals surface area contributed by atoms with Gasteiger partial charge >= 0.3 is 0 Å². The van der Waals surface area contributed by atoms with Gasteiger partial charge in [-0.3, -0.25) is 9.69 Å². The molecule has 0 aromatic heterocycles. The molecule has 2 fully saturated rings. The molecule has 1 aliphatic heterocycles. The SMILES string of the molecule is CC(C(=O)NC1CC1)N1CCN(S(=O)(=O)/C=C/c2ccccc2)CC1. The van der Waals surface area contributed by atoms with Gasteiger partial charge in [-0.1, -0.05) is 30.3 Å². The van der Waals surface area contributed by atoms with Crippen molar-refractivity contribution in [2.45, 2.75) is 31.8 Å². The largest absolute Gasteiger partial charge is 0.352 e.